The second-order valence-electron chi connectivity index (χ2n) is 6.41. The smallest absolute Gasteiger partial charge is 0.290 e. The van der Waals surface area contributed by atoms with E-state index in [1.165, 1.54) is 11.3 Å². The zero-order valence-electron chi connectivity index (χ0n) is 15.6. The van der Waals surface area contributed by atoms with Crippen LogP contribution in [0.1, 0.15) is 33.1 Å². The molecule has 0 spiro atoms. The predicted molar refractivity (Wildman–Crippen MR) is 113 cm³/mol. The van der Waals surface area contributed by atoms with Crippen LogP contribution < -0.4 is 5.43 Å². The van der Waals surface area contributed by atoms with Crippen LogP contribution in [0.3, 0.4) is 0 Å². The summed E-state index contributed by atoms with van der Waals surface area (Å²) < 4.78 is 3.84. The maximum Gasteiger partial charge on any atom is 0.290 e. The monoisotopic (exact) mass is 411 g/mol. The van der Waals surface area contributed by atoms with Gasteiger partial charge in [-0.1, -0.05) is 23.7 Å². The molecular weight excluding hydrogens is 394 g/mol. The number of nitrogens with zero attached hydrogens (tertiary/aromatic N) is 4. The maximum atomic E-state index is 12.5. The summed E-state index contributed by atoms with van der Waals surface area (Å²) in [6.45, 7) is 5.82. The molecule has 8 heteroatoms. The van der Waals surface area contributed by atoms with Gasteiger partial charge in [-0.15, -0.1) is 11.3 Å². The summed E-state index contributed by atoms with van der Waals surface area (Å²) in [5, 5.41) is 6.72. The molecule has 0 aliphatic heterocycles. The molecular formula is C20H18ClN5OS. The zero-order valence-corrected chi connectivity index (χ0v) is 17.2. The van der Waals surface area contributed by atoms with E-state index >= 15 is 0 Å². The first-order valence-corrected chi connectivity index (χ1v) is 9.92. The Labute approximate surface area is 171 Å². The molecule has 0 saturated carbocycles. The number of amides is 1. The largest absolute Gasteiger partial charge is 0.316 e. The van der Waals surface area contributed by atoms with Gasteiger partial charge in [-0.05, 0) is 39.0 Å². The lowest BCUT2D eigenvalue weighted by molar-refractivity contribution is 0.0948. The van der Waals surface area contributed by atoms with E-state index < -0.39 is 0 Å². The van der Waals surface area contributed by atoms with E-state index in [1.54, 1.807) is 10.6 Å². The number of para-hydroxylation sites is 1. The fourth-order valence-electron chi connectivity index (χ4n) is 3.30. The number of halogens is 1. The highest BCUT2D eigenvalue weighted by Gasteiger charge is 2.17. The highest BCUT2D eigenvalue weighted by atomic mass is 35.5. The van der Waals surface area contributed by atoms with Crippen molar-refractivity contribution in [3.63, 3.8) is 0 Å². The number of carbonyl (C=O) groups excluding carboxylic acids is 1. The van der Waals surface area contributed by atoms with E-state index in [-0.39, 0.29) is 5.91 Å². The number of benzene rings is 1. The molecule has 4 rings (SSSR count). The molecule has 0 fully saturated rings. The number of nitrogens with one attached hydrogen (secondary N) is 1. The second-order valence-corrected chi connectivity index (χ2v) is 7.69. The van der Waals surface area contributed by atoms with Crippen molar-refractivity contribution in [1.29, 1.82) is 0 Å². The Kier molecular flexibility index (Phi) is 4.78. The van der Waals surface area contributed by atoms with Crippen molar-refractivity contribution >= 4 is 40.0 Å². The summed E-state index contributed by atoms with van der Waals surface area (Å²) in [7, 11) is 0. The molecule has 28 heavy (non-hydrogen) atoms. The summed E-state index contributed by atoms with van der Waals surface area (Å²) in [6, 6.07) is 9.70. The van der Waals surface area contributed by atoms with Crippen molar-refractivity contribution < 1.29 is 4.79 Å². The Bertz CT molecular complexity index is 1220. The molecule has 4 aromatic rings. The minimum Gasteiger partial charge on any atom is -0.316 e. The molecule has 1 aromatic carbocycles. The summed E-state index contributed by atoms with van der Waals surface area (Å²) >= 11 is 7.83. The average Bonchev–Trinajstić information content (AvgIpc) is 3.29. The lowest BCUT2D eigenvalue weighted by Gasteiger charge is -2.11. The molecule has 0 saturated heterocycles. The first-order chi connectivity index (χ1) is 13.5. The molecule has 0 aliphatic carbocycles. The Morgan fingerprint density at radius 1 is 1.29 bits per heavy atom. The molecule has 0 atom stereocenters. The quantitative estimate of drug-likeness (QED) is 0.396. The molecule has 1 amide bonds. The van der Waals surface area contributed by atoms with Crippen molar-refractivity contribution in [2.75, 3.05) is 0 Å². The Morgan fingerprint density at radius 3 is 2.86 bits per heavy atom. The van der Waals surface area contributed by atoms with Gasteiger partial charge in [0, 0.05) is 28.5 Å². The number of hydrazone groups is 1. The van der Waals surface area contributed by atoms with Gasteiger partial charge in [-0.2, -0.15) is 5.10 Å². The van der Waals surface area contributed by atoms with Gasteiger partial charge < -0.3 is 4.57 Å². The van der Waals surface area contributed by atoms with Gasteiger partial charge in [0.25, 0.3) is 5.91 Å². The van der Waals surface area contributed by atoms with Crippen LogP contribution in [0.15, 0.2) is 47.0 Å². The van der Waals surface area contributed by atoms with Gasteiger partial charge >= 0.3 is 0 Å². The highest BCUT2D eigenvalue weighted by molar-refractivity contribution is 7.15. The number of aromatic nitrogens is 3. The zero-order chi connectivity index (χ0) is 19.8. The predicted octanol–water partition coefficient (Wildman–Crippen LogP) is 4.53. The number of thiazole rings is 1. The summed E-state index contributed by atoms with van der Waals surface area (Å²) in [4.78, 5) is 17.7. The number of hydrogen-bond donors (Lipinski definition) is 1. The first-order valence-electron chi connectivity index (χ1n) is 8.66. The summed E-state index contributed by atoms with van der Waals surface area (Å²) in [5.74, 6) is -0.292. The number of carbonyl (C=O) groups is 1. The van der Waals surface area contributed by atoms with Crippen LogP contribution in [0, 0.1) is 20.8 Å². The first kappa shape index (κ1) is 18.5. The van der Waals surface area contributed by atoms with Gasteiger partial charge in [0.05, 0.1) is 22.6 Å². The van der Waals surface area contributed by atoms with E-state index in [0.29, 0.717) is 16.4 Å². The fourth-order valence-corrected chi connectivity index (χ4v) is 4.28. The van der Waals surface area contributed by atoms with Crippen LogP contribution in [-0.2, 0) is 0 Å². The summed E-state index contributed by atoms with van der Waals surface area (Å²) in [6.07, 6.45) is 3.48. The molecule has 0 aliphatic rings. The van der Waals surface area contributed by atoms with Gasteiger partial charge in [-0.3, -0.25) is 9.20 Å². The third-order valence-electron chi connectivity index (χ3n) is 4.58. The van der Waals surface area contributed by atoms with Crippen LogP contribution in [0.25, 0.3) is 10.6 Å². The topological polar surface area (TPSA) is 63.7 Å². The van der Waals surface area contributed by atoms with Crippen molar-refractivity contribution in [3.8, 4) is 5.69 Å². The molecule has 6 nitrogen and oxygen atoms in total. The SMILES string of the molecule is Cc1nc2sccn2c1C(=O)N/N=C\c1cc(C)n(-c2ccccc2Cl)c1C. The maximum absolute atomic E-state index is 12.5. The normalized spacial score (nSPS) is 11.6. The standard InChI is InChI=1S/C20H18ClN5OS/c1-12-10-15(14(3)26(12)17-7-5-4-6-16(17)21)11-22-24-19(27)18-13(2)23-20-25(18)8-9-28-20/h4-11H,1-3H3,(H,24,27)/b22-11-. The van der Waals surface area contributed by atoms with Crippen molar-refractivity contribution in [1.82, 2.24) is 19.4 Å². The molecule has 3 aromatic heterocycles. The van der Waals surface area contributed by atoms with Crippen LogP contribution in [0.5, 0.6) is 0 Å². The third kappa shape index (κ3) is 3.12. The van der Waals surface area contributed by atoms with Crippen LogP contribution >= 0.6 is 22.9 Å². The van der Waals surface area contributed by atoms with Gasteiger partial charge in [0.2, 0.25) is 0 Å². The number of rotatable bonds is 4. The highest BCUT2D eigenvalue weighted by Crippen LogP contribution is 2.25. The molecule has 142 valence electrons. The van der Waals surface area contributed by atoms with Gasteiger partial charge in [0.15, 0.2) is 4.96 Å². The molecule has 0 radical (unpaired) electrons. The molecule has 3 heterocycles. The molecule has 0 bridgehead atoms. The number of hydrogen-bond acceptors (Lipinski definition) is 4. The van der Waals surface area contributed by atoms with Crippen molar-refractivity contribution in [3.05, 3.63) is 75.3 Å². The third-order valence-corrected chi connectivity index (χ3v) is 5.66. The van der Waals surface area contributed by atoms with Crippen LogP contribution in [-0.4, -0.2) is 26.1 Å². The Morgan fingerprint density at radius 2 is 2.07 bits per heavy atom. The van der Waals surface area contributed by atoms with Crippen LogP contribution in [0.2, 0.25) is 5.02 Å². The van der Waals surface area contributed by atoms with E-state index in [4.69, 9.17) is 11.6 Å². The lowest BCUT2D eigenvalue weighted by Crippen LogP contribution is -2.20. The second kappa shape index (κ2) is 7.26. The number of aryl methyl sites for hydroxylation is 2. The minimum absolute atomic E-state index is 0.292. The molecule has 0 unspecified atom stereocenters. The number of fused-ring (bicyclic) bond motifs is 1. The minimum atomic E-state index is -0.292. The lowest BCUT2D eigenvalue weighted by atomic mass is 10.2. The van der Waals surface area contributed by atoms with E-state index in [0.717, 1.165) is 27.6 Å². The van der Waals surface area contributed by atoms with E-state index in [2.05, 4.69) is 20.1 Å². The number of imidazole rings is 1. The van der Waals surface area contributed by atoms with Crippen LogP contribution in [0.4, 0.5) is 0 Å². The van der Waals surface area contributed by atoms with Gasteiger partial charge in [-0.25, -0.2) is 10.4 Å². The van der Waals surface area contributed by atoms with E-state index in [1.807, 2.05) is 62.7 Å². The fraction of sp³-hybridized carbons (Fsp3) is 0.150. The van der Waals surface area contributed by atoms with Crippen molar-refractivity contribution in [2.24, 2.45) is 5.10 Å². The van der Waals surface area contributed by atoms with Crippen molar-refractivity contribution in [2.45, 2.75) is 20.8 Å². The Balaban J connectivity index is 1.58. The molecule has 1 N–H and O–H groups in total. The van der Waals surface area contributed by atoms with Gasteiger partial charge in [0.1, 0.15) is 5.69 Å². The average molecular weight is 412 g/mol. The summed E-state index contributed by atoms with van der Waals surface area (Å²) in [5.41, 5.74) is 7.62. The van der Waals surface area contributed by atoms with E-state index in [9.17, 15) is 4.79 Å². The Hall–Kier alpha value is -2.90.